The molecule has 6 nitrogen and oxygen atoms in total. The molecule has 0 heterocycles. The Morgan fingerprint density at radius 2 is 1.73 bits per heavy atom. The minimum absolute atomic E-state index is 0.182. The molecule has 0 N–H and O–H groups in total. The van der Waals surface area contributed by atoms with E-state index in [0.717, 1.165) is 4.47 Å². The van der Waals surface area contributed by atoms with Gasteiger partial charge in [-0.25, -0.2) is 4.79 Å². The number of amides is 1. The van der Waals surface area contributed by atoms with Crippen molar-refractivity contribution in [3.8, 4) is 11.8 Å². The van der Waals surface area contributed by atoms with Crippen molar-refractivity contribution < 1.29 is 19.1 Å². The predicted octanol–water partition coefficient (Wildman–Crippen LogP) is 3.32. The standard InChI is InChI=1S/C19H17BrN2O4/c20-15-7-9-17(10-8-15)25-14-19(24)26-13-18(23)22(12-4-11-21)16-5-2-1-3-6-16/h1-3,5-10H,4,12-14H2. The third-order valence-corrected chi connectivity index (χ3v) is 3.87. The highest BCUT2D eigenvalue weighted by Crippen LogP contribution is 2.16. The van der Waals surface area contributed by atoms with E-state index >= 15 is 0 Å². The molecule has 2 aromatic carbocycles. The minimum atomic E-state index is -0.644. The molecule has 0 fully saturated rings. The molecule has 0 aliphatic heterocycles. The summed E-state index contributed by atoms with van der Waals surface area (Å²) in [7, 11) is 0. The van der Waals surface area contributed by atoms with E-state index in [9.17, 15) is 9.59 Å². The molecule has 0 aliphatic rings. The van der Waals surface area contributed by atoms with Crippen molar-refractivity contribution in [3.05, 3.63) is 59.1 Å². The zero-order chi connectivity index (χ0) is 18.8. The van der Waals surface area contributed by atoms with Gasteiger partial charge in [-0.1, -0.05) is 34.1 Å². The van der Waals surface area contributed by atoms with Crippen LogP contribution in [0.5, 0.6) is 5.75 Å². The molecular formula is C19H17BrN2O4. The van der Waals surface area contributed by atoms with E-state index in [2.05, 4.69) is 15.9 Å². The number of rotatable bonds is 8. The molecule has 0 atom stereocenters. The third kappa shape index (κ3) is 6.22. The summed E-state index contributed by atoms with van der Waals surface area (Å²) < 4.78 is 11.2. The first-order valence-corrected chi connectivity index (χ1v) is 8.66. The van der Waals surface area contributed by atoms with Crippen LogP contribution in [0.1, 0.15) is 6.42 Å². The molecule has 0 spiro atoms. The Labute approximate surface area is 160 Å². The van der Waals surface area contributed by atoms with Crippen LogP contribution in [-0.4, -0.2) is 31.6 Å². The van der Waals surface area contributed by atoms with Crippen molar-refractivity contribution in [1.29, 1.82) is 5.26 Å². The molecule has 0 aromatic heterocycles. The molecule has 7 heteroatoms. The first kappa shape index (κ1) is 19.5. The summed E-state index contributed by atoms with van der Waals surface area (Å²) in [5.41, 5.74) is 0.648. The van der Waals surface area contributed by atoms with Crippen molar-refractivity contribution in [2.75, 3.05) is 24.7 Å². The summed E-state index contributed by atoms with van der Waals surface area (Å²) in [5, 5.41) is 8.76. The molecule has 2 aromatic rings. The molecule has 134 valence electrons. The zero-order valence-corrected chi connectivity index (χ0v) is 15.5. The number of halogens is 1. The second-order valence-corrected chi connectivity index (χ2v) is 6.11. The lowest BCUT2D eigenvalue weighted by Gasteiger charge is -2.21. The topological polar surface area (TPSA) is 79.6 Å². The molecule has 26 heavy (non-hydrogen) atoms. The molecule has 0 aliphatic carbocycles. The minimum Gasteiger partial charge on any atom is -0.482 e. The fraction of sp³-hybridized carbons (Fsp3) is 0.211. The van der Waals surface area contributed by atoms with E-state index in [1.165, 1.54) is 4.90 Å². The van der Waals surface area contributed by atoms with Gasteiger partial charge in [-0.15, -0.1) is 0 Å². The maximum absolute atomic E-state index is 12.4. The van der Waals surface area contributed by atoms with Crippen molar-refractivity contribution in [1.82, 2.24) is 0 Å². The molecule has 0 bridgehead atoms. The van der Waals surface area contributed by atoms with Crippen LogP contribution in [0.25, 0.3) is 0 Å². The highest BCUT2D eigenvalue weighted by Gasteiger charge is 2.17. The molecule has 0 saturated heterocycles. The molecule has 2 rings (SSSR count). The second-order valence-electron chi connectivity index (χ2n) is 5.19. The van der Waals surface area contributed by atoms with Gasteiger partial charge in [0.2, 0.25) is 0 Å². The largest absolute Gasteiger partial charge is 0.482 e. The Balaban J connectivity index is 1.85. The summed E-state index contributed by atoms with van der Waals surface area (Å²) in [6.45, 7) is -0.479. The molecule has 1 amide bonds. The maximum Gasteiger partial charge on any atom is 0.344 e. The van der Waals surface area contributed by atoms with E-state index in [-0.39, 0.29) is 19.6 Å². The fourth-order valence-electron chi connectivity index (χ4n) is 2.10. The van der Waals surface area contributed by atoms with Crippen LogP contribution < -0.4 is 9.64 Å². The summed E-state index contributed by atoms with van der Waals surface area (Å²) in [5.74, 6) is -0.519. The lowest BCUT2D eigenvalue weighted by Crippen LogP contribution is -2.36. The number of ether oxygens (including phenoxy) is 2. The predicted molar refractivity (Wildman–Crippen MR) is 99.6 cm³/mol. The first-order chi connectivity index (χ1) is 12.6. The summed E-state index contributed by atoms with van der Waals surface area (Å²) in [6.07, 6.45) is 0.182. The molecule has 0 radical (unpaired) electrons. The SMILES string of the molecule is N#CCCN(C(=O)COC(=O)COc1ccc(Br)cc1)c1ccccc1. The number of hydrogen-bond acceptors (Lipinski definition) is 5. The third-order valence-electron chi connectivity index (χ3n) is 3.34. The smallest absolute Gasteiger partial charge is 0.344 e. The van der Waals surface area contributed by atoms with Crippen molar-refractivity contribution in [2.24, 2.45) is 0 Å². The van der Waals surface area contributed by atoms with Gasteiger partial charge in [-0.05, 0) is 36.4 Å². The highest BCUT2D eigenvalue weighted by atomic mass is 79.9. The highest BCUT2D eigenvalue weighted by molar-refractivity contribution is 9.10. The Kier molecular flexibility index (Phi) is 7.65. The Hall–Kier alpha value is -2.85. The van der Waals surface area contributed by atoms with E-state index in [4.69, 9.17) is 14.7 Å². The normalized spacial score (nSPS) is 9.85. The number of nitriles is 1. The summed E-state index contributed by atoms with van der Waals surface area (Å²) >= 11 is 3.31. The Bertz CT molecular complexity index is 772. The van der Waals surface area contributed by atoms with Gasteiger partial charge in [0, 0.05) is 16.7 Å². The average molecular weight is 417 g/mol. The monoisotopic (exact) mass is 416 g/mol. The lowest BCUT2D eigenvalue weighted by molar-refractivity contribution is -0.149. The number of anilines is 1. The van der Waals surface area contributed by atoms with Crippen LogP contribution in [-0.2, 0) is 14.3 Å². The average Bonchev–Trinajstić information content (AvgIpc) is 2.67. The van der Waals surface area contributed by atoms with Crippen LogP contribution >= 0.6 is 15.9 Å². The first-order valence-electron chi connectivity index (χ1n) is 7.86. The summed E-state index contributed by atoms with van der Waals surface area (Å²) in [4.78, 5) is 25.6. The van der Waals surface area contributed by atoms with Crippen molar-refractivity contribution in [3.63, 3.8) is 0 Å². The molecular weight excluding hydrogens is 400 g/mol. The van der Waals surface area contributed by atoms with E-state index in [1.54, 1.807) is 48.5 Å². The number of para-hydroxylation sites is 1. The number of esters is 1. The van der Waals surface area contributed by atoms with Crippen LogP contribution in [0.3, 0.4) is 0 Å². The van der Waals surface area contributed by atoms with Gasteiger partial charge in [0.25, 0.3) is 5.91 Å². The number of carbonyl (C=O) groups excluding carboxylic acids is 2. The van der Waals surface area contributed by atoms with Gasteiger partial charge in [0.1, 0.15) is 5.75 Å². The van der Waals surface area contributed by atoms with Gasteiger partial charge in [-0.2, -0.15) is 5.26 Å². The number of nitrogens with zero attached hydrogens (tertiary/aromatic N) is 2. The number of carbonyl (C=O) groups is 2. The zero-order valence-electron chi connectivity index (χ0n) is 13.9. The van der Waals surface area contributed by atoms with E-state index in [1.807, 2.05) is 12.1 Å². The Morgan fingerprint density at radius 1 is 1.04 bits per heavy atom. The maximum atomic E-state index is 12.4. The van der Waals surface area contributed by atoms with Crippen LogP contribution in [0, 0.1) is 11.3 Å². The quantitative estimate of drug-likeness (QED) is 0.616. The molecule has 0 saturated carbocycles. The van der Waals surface area contributed by atoms with Crippen molar-refractivity contribution >= 4 is 33.5 Å². The van der Waals surface area contributed by atoms with Gasteiger partial charge in [0.05, 0.1) is 12.5 Å². The van der Waals surface area contributed by atoms with E-state index in [0.29, 0.717) is 11.4 Å². The van der Waals surface area contributed by atoms with Gasteiger partial charge in [-0.3, -0.25) is 4.79 Å². The van der Waals surface area contributed by atoms with Gasteiger partial charge in [0.15, 0.2) is 13.2 Å². The second kappa shape index (κ2) is 10.2. The molecule has 0 unspecified atom stereocenters. The van der Waals surface area contributed by atoms with Crippen LogP contribution in [0.4, 0.5) is 5.69 Å². The van der Waals surface area contributed by atoms with E-state index < -0.39 is 18.5 Å². The number of hydrogen-bond donors (Lipinski definition) is 0. The van der Waals surface area contributed by atoms with Gasteiger partial charge < -0.3 is 14.4 Å². The van der Waals surface area contributed by atoms with Crippen LogP contribution in [0.15, 0.2) is 59.1 Å². The lowest BCUT2D eigenvalue weighted by atomic mass is 10.2. The summed E-state index contributed by atoms with van der Waals surface area (Å²) in [6, 6.07) is 17.9. The van der Waals surface area contributed by atoms with Gasteiger partial charge >= 0.3 is 5.97 Å². The Morgan fingerprint density at radius 3 is 2.38 bits per heavy atom. The fourth-order valence-corrected chi connectivity index (χ4v) is 2.37. The number of benzene rings is 2. The van der Waals surface area contributed by atoms with Crippen molar-refractivity contribution in [2.45, 2.75) is 6.42 Å². The van der Waals surface area contributed by atoms with Crippen LogP contribution in [0.2, 0.25) is 0 Å².